The number of anilines is 1. The predicted octanol–water partition coefficient (Wildman–Crippen LogP) is 3.77. The molecule has 0 aromatic heterocycles. The van der Waals surface area contributed by atoms with Crippen LogP contribution >= 0.6 is 11.6 Å². The second kappa shape index (κ2) is 5.55. The van der Waals surface area contributed by atoms with Gasteiger partial charge in [0, 0.05) is 16.3 Å². The van der Waals surface area contributed by atoms with E-state index in [-0.39, 0.29) is 0 Å². The fourth-order valence-electron chi connectivity index (χ4n) is 2.16. The molecule has 0 saturated heterocycles. The summed E-state index contributed by atoms with van der Waals surface area (Å²) < 4.78 is 5.87. The van der Waals surface area contributed by atoms with Gasteiger partial charge in [0.1, 0.15) is 0 Å². The molecule has 0 bridgehead atoms. The van der Waals surface area contributed by atoms with Crippen molar-refractivity contribution in [2.24, 2.45) is 0 Å². The molecule has 1 fully saturated rings. The SMILES string of the molecule is Nc1cccc(Cl)c1COC1CCCCC1. The average Bonchev–Trinajstić information content (AvgIpc) is 2.30. The van der Waals surface area contributed by atoms with Gasteiger partial charge in [0.15, 0.2) is 0 Å². The minimum atomic E-state index is 0.393. The van der Waals surface area contributed by atoms with Crippen molar-refractivity contribution in [1.29, 1.82) is 0 Å². The fourth-order valence-corrected chi connectivity index (χ4v) is 2.40. The summed E-state index contributed by atoms with van der Waals surface area (Å²) in [5, 5.41) is 0.704. The van der Waals surface area contributed by atoms with Crippen molar-refractivity contribution in [3.8, 4) is 0 Å². The van der Waals surface area contributed by atoms with Crippen molar-refractivity contribution in [1.82, 2.24) is 0 Å². The Balaban J connectivity index is 1.93. The van der Waals surface area contributed by atoms with Gasteiger partial charge in [-0.05, 0) is 25.0 Å². The number of halogens is 1. The molecule has 1 saturated carbocycles. The van der Waals surface area contributed by atoms with Crippen LogP contribution < -0.4 is 5.73 Å². The predicted molar refractivity (Wildman–Crippen MR) is 67.5 cm³/mol. The zero-order chi connectivity index (χ0) is 11.4. The lowest BCUT2D eigenvalue weighted by Gasteiger charge is -2.22. The first-order valence-electron chi connectivity index (χ1n) is 5.92. The largest absolute Gasteiger partial charge is 0.398 e. The van der Waals surface area contributed by atoms with Gasteiger partial charge in [-0.2, -0.15) is 0 Å². The van der Waals surface area contributed by atoms with E-state index in [0.29, 0.717) is 17.7 Å². The van der Waals surface area contributed by atoms with Crippen molar-refractivity contribution in [2.45, 2.75) is 44.8 Å². The highest BCUT2D eigenvalue weighted by molar-refractivity contribution is 6.31. The number of hydrogen-bond acceptors (Lipinski definition) is 2. The second-order valence-electron chi connectivity index (χ2n) is 4.38. The third-order valence-electron chi connectivity index (χ3n) is 3.17. The zero-order valence-corrected chi connectivity index (χ0v) is 10.2. The van der Waals surface area contributed by atoms with Gasteiger partial charge in [-0.15, -0.1) is 0 Å². The van der Waals surface area contributed by atoms with Gasteiger partial charge in [-0.1, -0.05) is 36.9 Å². The molecule has 2 rings (SSSR count). The van der Waals surface area contributed by atoms with E-state index in [1.807, 2.05) is 18.2 Å². The molecular weight excluding hydrogens is 222 g/mol. The van der Waals surface area contributed by atoms with Crippen LogP contribution in [0.25, 0.3) is 0 Å². The van der Waals surface area contributed by atoms with Gasteiger partial charge in [0.25, 0.3) is 0 Å². The Morgan fingerprint density at radius 3 is 2.69 bits per heavy atom. The van der Waals surface area contributed by atoms with Gasteiger partial charge in [-0.3, -0.25) is 0 Å². The molecule has 0 atom stereocenters. The number of nitrogens with two attached hydrogens (primary N) is 1. The number of nitrogen functional groups attached to an aromatic ring is 1. The first-order chi connectivity index (χ1) is 7.77. The molecule has 1 aromatic rings. The van der Waals surface area contributed by atoms with E-state index in [1.54, 1.807) is 0 Å². The Kier molecular flexibility index (Phi) is 4.08. The summed E-state index contributed by atoms with van der Waals surface area (Å²) in [7, 11) is 0. The van der Waals surface area contributed by atoms with Crippen molar-refractivity contribution in [3.05, 3.63) is 28.8 Å². The highest BCUT2D eigenvalue weighted by atomic mass is 35.5. The van der Waals surface area contributed by atoms with Crippen LogP contribution in [0.15, 0.2) is 18.2 Å². The number of rotatable bonds is 3. The Morgan fingerprint density at radius 2 is 2.00 bits per heavy atom. The summed E-state index contributed by atoms with van der Waals surface area (Å²) in [6.07, 6.45) is 6.64. The van der Waals surface area contributed by atoms with Crippen LogP contribution in [-0.4, -0.2) is 6.10 Å². The Morgan fingerprint density at radius 1 is 1.25 bits per heavy atom. The summed E-state index contributed by atoms with van der Waals surface area (Å²) in [4.78, 5) is 0. The highest BCUT2D eigenvalue weighted by Crippen LogP contribution is 2.26. The van der Waals surface area contributed by atoms with Crippen LogP contribution in [-0.2, 0) is 11.3 Å². The first-order valence-corrected chi connectivity index (χ1v) is 6.29. The highest BCUT2D eigenvalue weighted by Gasteiger charge is 2.14. The monoisotopic (exact) mass is 239 g/mol. The van der Waals surface area contributed by atoms with Crippen molar-refractivity contribution >= 4 is 17.3 Å². The number of benzene rings is 1. The topological polar surface area (TPSA) is 35.2 Å². The summed E-state index contributed by atoms with van der Waals surface area (Å²) in [5.41, 5.74) is 7.52. The first kappa shape index (κ1) is 11.7. The molecule has 3 heteroatoms. The third kappa shape index (κ3) is 2.89. The maximum Gasteiger partial charge on any atom is 0.0755 e. The molecule has 0 radical (unpaired) electrons. The van der Waals surface area contributed by atoms with Crippen molar-refractivity contribution < 1.29 is 4.74 Å². The minimum absolute atomic E-state index is 0.393. The lowest BCUT2D eigenvalue weighted by atomic mass is 9.98. The van der Waals surface area contributed by atoms with Crippen LogP contribution in [0.1, 0.15) is 37.7 Å². The standard InChI is InChI=1S/C13H18ClNO/c14-12-7-4-8-13(15)11(12)9-16-10-5-2-1-3-6-10/h4,7-8,10H,1-3,5-6,9,15H2. The molecule has 1 aliphatic rings. The van der Waals surface area contributed by atoms with E-state index < -0.39 is 0 Å². The zero-order valence-electron chi connectivity index (χ0n) is 9.42. The summed E-state index contributed by atoms with van der Waals surface area (Å²) in [6, 6.07) is 5.59. The van der Waals surface area contributed by atoms with E-state index in [4.69, 9.17) is 22.1 Å². The van der Waals surface area contributed by atoms with Gasteiger partial charge in [0.05, 0.1) is 12.7 Å². The maximum absolute atomic E-state index is 6.09. The molecule has 2 nitrogen and oxygen atoms in total. The lowest BCUT2D eigenvalue weighted by molar-refractivity contribution is 0.0172. The minimum Gasteiger partial charge on any atom is -0.398 e. The van der Waals surface area contributed by atoms with Gasteiger partial charge >= 0.3 is 0 Å². The Labute approximate surface area is 102 Å². The van der Waals surface area contributed by atoms with Crippen molar-refractivity contribution in [2.75, 3.05) is 5.73 Å². The molecule has 1 aliphatic carbocycles. The van der Waals surface area contributed by atoms with E-state index in [9.17, 15) is 0 Å². The average molecular weight is 240 g/mol. The van der Waals surface area contributed by atoms with E-state index >= 15 is 0 Å². The van der Waals surface area contributed by atoms with Gasteiger partial charge in [0.2, 0.25) is 0 Å². The van der Waals surface area contributed by atoms with Crippen LogP contribution in [0, 0.1) is 0 Å². The van der Waals surface area contributed by atoms with Crippen LogP contribution in [0.3, 0.4) is 0 Å². The Bertz CT molecular complexity index is 328. The maximum atomic E-state index is 6.09. The molecule has 2 N–H and O–H groups in total. The molecule has 0 spiro atoms. The molecule has 1 aromatic carbocycles. The fraction of sp³-hybridized carbons (Fsp3) is 0.538. The lowest BCUT2D eigenvalue weighted by Crippen LogP contribution is -2.16. The van der Waals surface area contributed by atoms with Crippen molar-refractivity contribution in [3.63, 3.8) is 0 Å². The Hall–Kier alpha value is -0.730. The van der Waals surface area contributed by atoms with E-state index in [0.717, 1.165) is 11.3 Å². The van der Waals surface area contributed by atoms with Gasteiger partial charge < -0.3 is 10.5 Å². The van der Waals surface area contributed by atoms with Crippen LogP contribution in [0.4, 0.5) is 5.69 Å². The molecule has 0 aliphatic heterocycles. The van der Waals surface area contributed by atoms with Crippen LogP contribution in [0.5, 0.6) is 0 Å². The summed E-state index contributed by atoms with van der Waals surface area (Å²) >= 11 is 6.09. The molecule has 0 unspecified atom stereocenters. The van der Waals surface area contributed by atoms with E-state index in [1.165, 1.54) is 32.1 Å². The second-order valence-corrected chi connectivity index (χ2v) is 4.79. The summed E-state index contributed by atoms with van der Waals surface area (Å²) in [6.45, 7) is 0.538. The third-order valence-corrected chi connectivity index (χ3v) is 3.52. The van der Waals surface area contributed by atoms with E-state index in [2.05, 4.69) is 0 Å². The number of ether oxygens (including phenoxy) is 1. The molecular formula is C13H18ClNO. The molecule has 16 heavy (non-hydrogen) atoms. The molecule has 88 valence electrons. The van der Waals surface area contributed by atoms with Crippen LogP contribution in [0.2, 0.25) is 5.02 Å². The normalized spacial score (nSPS) is 17.6. The number of hydrogen-bond donors (Lipinski definition) is 1. The quantitative estimate of drug-likeness (QED) is 0.815. The summed E-state index contributed by atoms with van der Waals surface area (Å²) in [5.74, 6) is 0. The smallest absolute Gasteiger partial charge is 0.0755 e. The van der Waals surface area contributed by atoms with Gasteiger partial charge in [-0.25, -0.2) is 0 Å². The molecule has 0 heterocycles. The molecule has 0 amide bonds.